The molecule has 0 bridgehead atoms. The molecule has 0 spiro atoms. The van der Waals surface area contributed by atoms with Gasteiger partial charge in [-0.2, -0.15) is 5.10 Å². The SMILES string of the molecule is CC(C)[C@H](NC(=O)C(CCCCNC(=O)COC1CCCCCC(=NCCOCCOCCOCCOCCOCCP(=O)(O)O)C1=NN)NC(=O)CCOCCOCCOCCOCCNC(=O)CCC(=O)N1Cc2ccccc2C#Cc2ccccc21)C(=O)N[C@@H](C)C(=O)N[C@@H](CO)C(=O)Nc1ccc2c(c1)[C@@]1(C)CCC[C@](C)(C(=O)NC(=O)[C@@]3(C)CCC[C@]4(C)c5cc(O)ccc5CC[C@@H]34)[C@@H]1CC2. The molecule has 0 radical (unpaired) electrons. The summed E-state index contributed by atoms with van der Waals surface area (Å²) in [4.78, 5) is 164. The summed E-state index contributed by atoms with van der Waals surface area (Å²) in [6.45, 7) is 17.3. The molecule has 2 unspecified atom stereocenters. The number of carbonyl (C=O) groups excluding carboxylic acids is 10. The Morgan fingerprint density at radius 2 is 1.09 bits per heavy atom. The molecular formula is C103H149N12O25P. The first-order chi connectivity index (χ1) is 67.8. The molecule has 4 aromatic rings. The number of hydrazone groups is 1. The number of phenolic OH excluding ortho intramolecular Hbond substituents is 1. The molecule has 6 aliphatic rings. The number of para-hydroxylation sites is 1. The molecule has 11 atom stereocenters. The van der Waals surface area contributed by atoms with E-state index in [2.05, 4.69) is 73.3 Å². The molecule has 5 aliphatic carbocycles. The molecule has 10 rings (SSSR count). The standard InChI is InChI=1S/C103H149N12O25P/c1-70(2)92(97(125)108-71(3)94(122)111-83(68-116)96(124)109-77-32-28-73-30-34-86-100(4,79(73)65-77)39-17-41-102(86,6)98(126)113-99(127)103(7)42-18-40-101(5)80-66-78(117)33-29-74(80)31-35-87(101)103)112-95(123)82(23-15-16-43-106-90(120)69-140-85-25-10-8-9-22-81(93(85)114-104)105-44-47-132-50-53-135-57-58-137-59-60-138-61-62-139-63-64-141(128,129)130)110-89(119)38-46-131-49-52-134-55-56-136-54-51-133-48-45-107-88(118)36-37-91(121)115-67-76-21-12-11-19-72(76)26-27-75-20-13-14-24-84(75)115/h11-14,19-21,24,28-29,32-33,65-66,70-71,82-83,85-87,92,116-117H,8-10,15-18,22-23,25,30-31,34-64,67-69,104H2,1-7H3,(H,106,120)(H,107,118)(H,108,125)(H,109,124)(H,110,119)(H,111,122)(H,112,123)(H,113,126,127)(H2,128,129,130)/t71-,82?,83-,85?,86+,87+,92-,100+,101+,102-,103-/m0/s1. The van der Waals surface area contributed by atoms with Crippen LogP contribution >= 0.6 is 7.60 Å². The Balaban J connectivity index is 0.656. The van der Waals surface area contributed by atoms with Crippen molar-refractivity contribution in [2.45, 2.75) is 231 Å². The number of amides is 10. The molecule has 10 amide bonds. The van der Waals surface area contributed by atoms with Gasteiger partial charge in [0.1, 0.15) is 48.3 Å². The van der Waals surface area contributed by atoms with Gasteiger partial charge in [0.05, 0.1) is 167 Å². The number of fused-ring (bicyclic) bond motifs is 8. The van der Waals surface area contributed by atoms with Crippen LogP contribution in [0.15, 0.2) is 95.0 Å². The van der Waals surface area contributed by atoms with Crippen molar-refractivity contribution in [3.63, 3.8) is 0 Å². The lowest BCUT2D eigenvalue weighted by Crippen LogP contribution is -2.60. The summed E-state index contributed by atoms with van der Waals surface area (Å²) >= 11 is 0. The number of phenols is 1. The van der Waals surface area contributed by atoms with E-state index in [1.54, 1.807) is 30.9 Å². The molecule has 0 saturated heterocycles. The zero-order valence-electron chi connectivity index (χ0n) is 83.0. The predicted molar refractivity (Wildman–Crippen MR) is 529 cm³/mol. The minimum atomic E-state index is -4.09. The Hall–Kier alpha value is -10.0. The number of aliphatic hydroxyl groups excluding tert-OH is 1. The number of nitrogens with zero attached hydrogens (tertiary/aromatic N) is 3. The van der Waals surface area contributed by atoms with Gasteiger partial charge in [0.15, 0.2) is 0 Å². The number of hydrogen-bond acceptors (Lipinski definition) is 26. The van der Waals surface area contributed by atoms with Gasteiger partial charge in [0.2, 0.25) is 59.1 Å². The van der Waals surface area contributed by atoms with E-state index in [4.69, 9.17) is 68.0 Å². The van der Waals surface area contributed by atoms with E-state index in [9.17, 15) is 62.7 Å². The monoisotopic (exact) mass is 1990 g/mol. The summed E-state index contributed by atoms with van der Waals surface area (Å²) in [5, 5.41) is 47.7. The maximum Gasteiger partial charge on any atom is 0.327 e. The fourth-order valence-corrected chi connectivity index (χ4v) is 20.6. The molecular weight excluding hydrogens is 1840 g/mol. The van der Waals surface area contributed by atoms with Gasteiger partial charge in [-0.3, -0.25) is 62.8 Å². The zero-order chi connectivity index (χ0) is 101. The quantitative estimate of drug-likeness (QED) is 0.00516. The van der Waals surface area contributed by atoms with E-state index in [0.717, 1.165) is 84.7 Å². The number of rotatable bonds is 57. The average Bonchev–Trinajstić information content (AvgIpc) is 0.719. The lowest BCUT2D eigenvalue weighted by atomic mass is 9.49. The van der Waals surface area contributed by atoms with Crippen LogP contribution < -0.4 is 53.3 Å². The molecule has 1 heterocycles. The minimum absolute atomic E-state index is 0.00416. The van der Waals surface area contributed by atoms with Gasteiger partial charge in [0.25, 0.3) is 0 Å². The number of nitrogens with one attached hydrogen (secondary N) is 8. The third-order valence-corrected chi connectivity index (χ3v) is 28.7. The van der Waals surface area contributed by atoms with E-state index in [1.165, 1.54) is 12.5 Å². The van der Waals surface area contributed by atoms with Crippen molar-refractivity contribution >= 4 is 89.5 Å². The van der Waals surface area contributed by atoms with E-state index in [-0.39, 0.29) is 171 Å². The van der Waals surface area contributed by atoms with Gasteiger partial charge in [-0.05, 0) is 196 Å². The van der Waals surface area contributed by atoms with Gasteiger partial charge in [0, 0.05) is 49.2 Å². The smallest absolute Gasteiger partial charge is 0.327 e. The maximum absolute atomic E-state index is 15.0. The van der Waals surface area contributed by atoms with Crippen molar-refractivity contribution < 1.29 is 120 Å². The van der Waals surface area contributed by atoms with Crippen LogP contribution in [-0.2, 0) is 130 Å². The Morgan fingerprint density at radius 3 is 1.70 bits per heavy atom. The first-order valence-electron chi connectivity index (χ1n) is 49.9. The van der Waals surface area contributed by atoms with Crippen LogP contribution in [0, 0.1) is 40.4 Å². The largest absolute Gasteiger partial charge is 0.508 e. The second kappa shape index (κ2) is 56.9. The number of aryl methyl sites for hydroxylation is 2. The van der Waals surface area contributed by atoms with Crippen LogP contribution in [0.1, 0.15) is 209 Å². The molecule has 3 saturated carbocycles. The number of aliphatic hydroxyl groups is 1. The first kappa shape index (κ1) is 113. The summed E-state index contributed by atoms with van der Waals surface area (Å²) in [5.41, 5.74) is 6.36. The van der Waals surface area contributed by atoms with Gasteiger partial charge < -0.3 is 115 Å². The molecule has 776 valence electrons. The van der Waals surface area contributed by atoms with Crippen LogP contribution in [0.3, 0.4) is 0 Å². The number of aliphatic imine (C=N–C) groups is 1. The summed E-state index contributed by atoms with van der Waals surface area (Å²) in [6, 6.07) is 21.1. The van der Waals surface area contributed by atoms with Gasteiger partial charge in [-0.1, -0.05) is 122 Å². The molecule has 37 nitrogen and oxygen atoms in total. The Morgan fingerprint density at radius 1 is 0.525 bits per heavy atom. The van der Waals surface area contributed by atoms with Crippen molar-refractivity contribution in [1.82, 2.24) is 37.2 Å². The number of benzene rings is 4. The van der Waals surface area contributed by atoms with Gasteiger partial charge in [-0.25, -0.2) is 0 Å². The van der Waals surface area contributed by atoms with Crippen molar-refractivity contribution in [3.8, 4) is 17.6 Å². The third-order valence-electron chi connectivity index (χ3n) is 27.9. The molecule has 3 fully saturated rings. The van der Waals surface area contributed by atoms with Gasteiger partial charge >= 0.3 is 7.60 Å². The zero-order valence-corrected chi connectivity index (χ0v) is 83.9. The van der Waals surface area contributed by atoms with Crippen LogP contribution in [0.5, 0.6) is 5.75 Å². The molecule has 141 heavy (non-hydrogen) atoms. The number of ether oxygens (including phenoxy) is 10. The fourth-order valence-electron chi connectivity index (χ4n) is 20.2. The van der Waals surface area contributed by atoms with Crippen molar-refractivity contribution in [2.75, 3.05) is 168 Å². The van der Waals surface area contributed by atoms with Crippen LogP contribution in [-0.4, -0.2) is 279 Å². The van der Waals surface area contributed by atoms with E-state index >= 15 is 0 Å². The number of nitrogens with two attached hydrogens (primary N) is 1. The lowest BCUT2D eigenvalue weighted by Gasteiger charge is -2.56. The molecule has 14 N–H and O–H groups in total. The van der Waals surface area contributed by atoms with E-state index < -0.39 is 102 Å². The van der Waals surface area contributed by atoms with E-state index in [0.29, 0.717) is 140 Å². The highest BCUT2D eigenvalue weighted by atomic mass is 31.2. The summed E-state index contributed by atoms with van der Waals surface area (Å²) in [5.74, 6) is 6.78. The summed E-state index contributed by atoms with van der Waals surface area (Å²) < 4.78 is 67.1. The third kappa shape index (κ3) is 33.8. The van der Waals surface area contributed by atoms with Gasteiger partial charge in [-0.15, -0.1) is 0 Å². The second-order valence-corrected chi connectivity index (χ2v) is 40.1. The van der Waals surface area contributed by atoms with Crippen LogP contribution in [0.25, 0.3) is 0 Å². The summed E-state index contributed by atoms with van der Waals surface area (Å²) in [6.07, 6.45) is 10.6. The Labute approximate surface area is 827 Å². The second-order valence-electron chi connectivity index (χ2n) is 38.4. The topological polar surface area (TPSA) is 511 Å². The van der Waals surface area contributed by atoms with Crippen LogP contribution in [0.2, 0.25) is 0 Å². The number of unbranched alkanes of at least 4 members (excludes halogenated alkanes) is 1. The number of hydrogen-bond donors (Lipinski definition) is 13. The van der Waals surface area contributed by atoms with E-state index in [1.807, 2.05) is 86.6 Å². The number of aromatic hydroxyl groups is 1. The summed E-state index contributed by atoms with van der Waals surface area (Å²) in [7, 11) is -4.09. The van der Waals surface area contributed by atoms with Crippen molar-refractivity contribution in [1.29, 1.82) is 0 Å². The highest BCUT2D eigenvalue weighted by Gasteiger charge is 2.59. The average molecular weight is 1990 g/mol. The first-order valence-corrected chi connectivity index (χ1v) is 51.7. The van der Waals surface area contributed by atoms with Crippen LogP contribution in [0.4, 0.5) is 11.4 Å². The molecule has 4 aromatic carbocycles. The number of imide groups is 1. The molecule has 38 heteroatoms. The fraction of sp³-hybridized carbons (Fsp3) is 0.631. The number of carbonyl (C=O) groups is 10. The Kier molecular flexibility index (Phi) is 45.6. The lowest BCUT2D eigenvalue weighted by molar-refractivity contribution is -0.150. The van der Waals surface area contributed by atoms with Crippen molar-refractivity contribution in [3.05, 3.63) is 124 Å². The highest BCUT2D eigenvalue weighted by molar-refractivity contribution is 7.51. The Bertz CT molecular complexity index is 5010. The normalized spacial score (nSPS) is 21.8. The number of anilines is 2. The molecule has 1 aliphatic heterocycles. The minimum Gasteiger partial charge on any atom is -0.508 e. The highest BCUT2D eigenvalue weighted by Crippen LogP contribution is 2.60. The maximum atomic E-state index is 15.0. The predicted octanol–water partition coefficient (Wildman–Crippen LogP) is 7.25. The molecule has 0 aromatic heterocycles. The van der Waals surface area contributed by atoms with Crippen molar-refractivity contribution in [2.24, 2.45) is 44.5 Å².